The summed E-state index contributed by atoms with van der Waals surface area (Å²) < 4.78 is 1.62. The average molecular weight is 376 g/mol. The third kappa shape index (κ3) is 2.93. The van der Waals surface area contributed by atoms with Crippen LogP contribution in [0.2, 0.25) is 0 Å². The molecule has 2 aromatic heterocycles. The standard InChI is InChI=1S/C16H10BrNO3S/c17-10-1-2-13(19)11(5-10)14(20)7-15(21)12-6-16-9(8-18-12)3-4-22-16/h1-6,8,19H,7H2. The van der Waals surface area contributed by atoms with Crippen LogP contribution in [0, 0.1) is 0 Å². The van der Waals surface area contributed by atoms with Gasteiger partial charge in [-0.05, 0) is 35.7 Å². The smallest absolute Gasteiger partial charge is 0.188 e. The van der Waals surface area contributed by atoms with E-state index in [0.717, 1.165) is 10.1 Å². The fourth-order valence-electron chi connectivity index (χ4n) is 2.07. The molecule has 1 N–H and O–H groups in total. The van der Waals surface area contributed by atoms with Gasteiger partial charge in [-0.2, -0.15) is 0 Å². The van der Waals surface area contributed by atoms with Crippen LogP contribution in [-0.4, -0.2) is 21.7 Å². The third-order valence-corrected chi connectivity index (χ3v) is 4.58. The Morgan fingerprint density at radius 3 is 2.82 bits per heavy atom. The molecule has 0 saturated carbocycles. The Labute approximate surface area is 138 Å². The highest BCUT2D eigenvalue weighted by atomic mass is 79.9. The van der Waals surface area contributed by atoms with Gasteiger partial charge >= 0.3 is 0 Å². The summed E-state index contributed by atoms with van der Waals surface area (Å²) in [7, 11) is 0. The van der Waals surface area contributed by atoms with Gasteiger partial charge in [0.05, 0.1) is 12.0 Å². The van der Waals surface area contributed by atoms with Crippen LogP contribution in [0.5, 0.6) is 5.75 Å². The molecule has 0 unspecified atom stereocenters. The molecule has 0 spiro atoms. The summed E-state index contributed by atoms with van der Waals surface area (Å²) in [5.74, 6) is -0.931. The summed E-state index contributed by atoms with van der Waals surface area (Å²) >= 11 is 4.75. The van der Waals surface area contributed by atoms with Crippen molar-refractivity contribution in [3.8, 4) is 5.75 Å². The topological polar surface area (TPSA) is 67.3 Å². The highest BCUT2D eigenvalue weighted by molar-refractivity contribution is 9.10. The number of thiophene rings is 1. The second-order valence-corrected chi connectivity index (χ2v) is 6.58. The number of benzene rings is 1. The van der Waals surface area contributed by atoms with E-state index in [-0.39, 0.29) is 29.2 Å². The van der Waals surface area contributed by atoms with Crippen molar-refractivity contribution in [1.82, 2.24) is 4.98 Å². The summed E-state index contributed by atoms with van der Waals surface area (Å²) in [6.07, 6.45) is 1.30. The van der Waals surface area contributed by atoms with Crippen molar-refractivity contribution in [2.24, 2.45) is 0 Å². The number of ketones is 2. The summed E-state index contributed by atoms with van der Waals surface area (Å²) in [6.45, 7) is 0. The summed E-state index contributed by atoms with van der Waals surface area (Å²) in [4.78, 5) is 28.5. The highest BCUT2D eigenvalue weighted by Crippen LogP contribution is 2.24. The van der Waals surface area contributed by atoms with E-state index in [0.29, 0.717) is 4.47 Å². The number of fused-ring (bicyclic) bond motifs is 1. The molecule has 3 rings (SSSR count). The van der Waals surface area contributed by atoms with Crippen molar-refractivity contribution in [1.29, 1.82) is 0 Å². The molecule has 4 nitrogen and oxygen atoms in total. The van der Waals surface area contributed by atoms with Crippen LogP contribution < -0.4 is 0 Å². The van der Waals surface area contributed by atoms with Gasteiger partial charge in [0, 0.05) is 20.8 Å². The Hall–Kier alpha value is -2.05. The minimum atomic E-state index is -0.433. The first-order valence-electron chi connectivity index (χ1n) is 6.43. The number of phenolic OH excluding ortho intramolecular Hbond substituents is 1. The van der Waals surface area contributed by atoms with Gasteiger partial charge in [-0.1, -0.05) is 15.9 Å². The Balaban J connectivity index is 1.83. The normalized spacial score (nSPS) is 10.8. The first-order chi connectivity index (χ1) is 10.5. The van der Waals surface area contributed by atoms with Gasteiger partial charge in [0.2, 0.25) is 0 Å². The van der Waals surface area contributed by atoms with E-state index in [4.69, 9.17) is 0 Å². The maximum absolute atomic E-state index is 12.2. The van der Waals surface area contributed by atoms with Gasteiger partial charge < -0.3 is 5.11 Å². The molecule has 0 aliphatic carbocycles. The zero-order valence-corrected chi connectivity index (χ0v) is 13.6. The number of hydrogen-bond acceptors (Lipinski definition) is 5. The minimum absolute atomic E-state index is 0.125. The van der Waals surface area contributed by atoms with E-state index in [1.165, 1.54) is 23.5 Å². The van der Waals surface area contributed by atoms with E-state index in [1.54, 1.807) is 18.3 Å². The molecule has 0 atom stereocenters. The molecule has 22 heavy (non-hydrogen) atoms. The van der Waals surface area contributed by atoms with E-state index in [2.05, 4.69) is 20.9 Å². The Morgan fingerprint density at radius 2 is 2.00 bits per heavy atom. The predicted octanol–water partition coefficient (Wildman–Crippen LogP) is 4.22. The number of phenols is 1. The third-order valence-electron chi connectivity index (χ3n) is 3.20. The van der Waals surface area contributed by atoms with Gasteiger partial charge in [0.25, 0.3) is 0 Å². The molecule has 6 heteroatoms. The second kappa shape index (κ2) is 5.98. The molecule has 0 fully saturated rings. The van der Waals surface area contributed by atoms with Gasteiger partial charge in [-0.15, -0.1) is 11.3 Å². The van der Waals surface area contributed by atoms with Crippen LogP contribution in [-0.2, 0) is 0 Å². The first kappa shape index (κ1) is 14.9. The molecule has 0 aliphatic heterocycles. The Bertz CT molecular complexity index is 888. The highest BCUT2D eigenvalue weighted by Gasteiger charge is 2.18. The molecule has 0 bridgehead atoms. The lowest BCUT2D eigenvalue weighted by molar-refractivity contribution is 0.0890. The number of hydrogen-bond donors (Lipinski definition) is 1. The minimum Gasteiger partial charge on any atom is -0.507 e. The molecule has 0 amide bonds. The number of aromatic nitrogens is 1. The number of carbonyl (C=O) groups is 2. The lowest BCUT2D eigenvalue weighted by Crippen LogP contribution is -2.10. The zero-order valence-electron chi connectivity index (χ0n) is 11.2. The summed E-state index contributed by atoms with van der Waals surface area (Å²) in [5.41, 5.74) is 0.387. The van der Waals surface area contributed by atoms with Crippen LogP contribution in [0.1, 0.15) is 27.3 Å². The Kier molecular flexibility index (Phi) is 4.04. The first-order valence-corrected chi connectivity index (χ1v) is 8.10. The molecule has 2 heterocycles. The maximum Gasteiger partial charge on any atom is 0.188 e. The quantitative estimate of drug-likeness (QED) is 0.547. The van der Waals surface area contributed by atoms with Crippen LogP contribution >= 0.6 is 27.3 Å². The fourth-order valence-corrected chi connectivity index (χ4v) is 3.23. The van der Waals surface area contributed by atoms with E-state index >= 15 is 0 Å². The van der Waals surface area contributed by atoms with Crippen LogP contribution in [0.3, 0.4) is 0 Å². The molecule has 110 valence electrons. The van der Waals surface area contributed by atoms with Crippen molar-refractivity contribution in [2.45, 2.75) is 6.42 Å². The van der Waals surface area contributed by atoms with Gasteiger partial charge in [0.15, 0.2) is 11.6 Å². The maximum atomic E-state index is 12.2. The van der Waals surface area contributed by atoms with Crippen molar-refractivity contribution < 1.29 is 14.7 Å². The van der Waals surface area contributed by atoms with Crippen molar-refractivity contribution >= 4 is 48.9 Å². The van der Waals surface area contributed by atoms with E-state index in [9.17, 15) is 14.7 Å². The monoisotopic (exact) mass is 375 g/mol. The molecular weight excluding hydrogens is 366 g/mol. The molecule has 3 aromatic rings. The molecule has 0 radical (unpaired) electrons. The lowest BCUT2D eigenvalue weighted by Gasteiger charge is -2.04. The number of pyridine rings is 1. The fraction of sp³-hybridized carbons (Fsp3) is 0.0625. The van der Waals surface area contributed by atoms with Gasteiger partial charge in [-0.3, -0.25) is 14.6 Å². The Morgan fingerprint density at radius 1 is 1.18 bits per heavy atom. The molecule has 0 aliphatic rings. The lowest BCUT2D eigenvalue weighted by atomic mass is 10.0. The van der Waals surface area contributed by atoms with Crippen molar-refractivity contribution in [3.05, 3.63) is 57.6 Å². The van der Waals surface area contributed by atoms with Gasteiger partial charge in [-0.25, -0.2) is 0 Å². The number of Topliss-reactive ketones (excluding diaryl/α,β-unsaturated/α-hetero) is 2. The van der Waals surface area contributed by atoms with Crippen LogP contribution in [0.25, 0.3) is 10.1 Å². The summed E-state index contributed by atoms with van der Waals surface area (Å²) in [6, 6.07) is 8.15. The van der Waals surface area contributed by atoms with Crippen molar-refractivity contribution in [3.63, 3.8) is 0 Å². The second-order valence-electron chi connectivity index (χ2n) is 4.71. The number of rotatable bonds is 4. The van der Waals surface area contributed by atoms with Crippen LogP contribution in [0.15, 0.2) is 46.4 Å². The summed E-state index contributed by atoms with van der Waals surface area (Å²) in [5, 5.41) is 12.6. The number of aromatic hydroxyl groups is 1. The number of halogens is 1. The molecule has 1 aromatic carbocycles. The van der Waals surface area contributed by atoms with Crippen molar-refractivity contribution in [2.75, 3.05) is 0 Å². The molecule has 0 saturated heterocycles. The van der Waals surface area contributed by atoms with Gasteiger partial charge in [0.1, 0.15) is 11.4 Å². The predicted molar refractivity (Wildman–Crippen MR) is 88.7 cm³/mol. The SMILES string of the molecule is O=C(CC(=O)c1cc(Br)ccc1O)c1cc2sccc2cn1. The average Bonchev–Trinajstić information content (AvgIpc) is 2.97. The largest absolute Gasteiger partial charge is 0.507 e. The zero-order chi connectivity index (χ0) is 15.7. The number of nitrogens with zero attached hydrogens (tertiary/aromatic N) is 1. The van der Waals surface area contributed by atoms with E-state index < -0.39 is 5.78 Å². The van der Waals surface area contributed by atoms with Crippen LogP contribution in [0.4, 0.5) is 0 Å². The number of carbonyl (C=O) groups excluding carboxylic acids is 2. The van der Waals surface area contributed by atoms with E-state index in [1.807, 2.05) is 11.4 Å². The molecular formula is C16H10BrNO3S.